The molecule has 16 heavy (non-hydrogen) atoms. The van der Waals surface area contributed by atoms with E-state index < -0.39 is 5.60 Å². The summed E-state index contributed by atoms with van der Waals surface area (Å²) in [6.07, 6.45) is 7.21. The van der Waals surface area contributed by atoms with Gasteiger partial charge in [-0.3, -0.25) is 4.68 Å². The Morgan fingerprint density at radius 3 is 2.62 bits per heavy atom. The molecule has 1 fully saturated rings. The van der Waals surface area contributed by atoms with Crippen LogP contribution in [0.5, 0.6) is 0 Å². The van der Waals surface area contributed by atoms with Crippen LogP contribution in [0, 0.1) is 0 Å². The van der Waals surface area contributed by atoms with E-state index in [2.05, 4.69) is 18.1 Å². The third-order valence-electron chi connectivity index (χ3n) is 3.68. The molecule has 1 aromatic rings. The summed E-state index contributed by atoms with van der Waals surface area (Å²) < 4.78 is 1.92. The number of rotatable bonds is 3. The van der Waals surface area contributed by atoms with Gasteiger partial charge in [0.15, 0.2) is 0 Å². The van der Waals surface area contributed by atoms with E-state index in [9.17, 15) is 5.11 Å². The molecule has 0 saturated heterocycles. The second kappa shape index (κ2) is 4.58. The fourth-order valence-corrected chi connectivity index (χ4v) is 2.63. The Balaban J connectivity index is 2.09. The number of aromatic nitrogens is 2. The van der Waals surface area contributed by atoms with Crippen molar-refractivity contribution in [2.45, 2.75) is 57.5 Å². The smallest absolute Gasteiger partial charge is 0.0702 e. The third kappa shape index (κ3) is 2.46. The molecule has 0 aromatic carbocycles. The molecule has 0 amide bonds. The Morgan fingerprint density at radius 2 is 2.06 bits per heavy atom. The highest BCUT2D eigenvalue weighted by atomic mass is 16.3. The first kappa shape index (κ1) is 11.6. The van der Waals surface area contributed by atoms with Gasteiger partial charge in [-0.2, -0.15) is 5.10 Å². The van der Waals surface area contributed by atoms with Crippen molar-refractivity contribution in [2.24, 2.45) is 7.05 Å². The van der Waals surface area contributed by atoms with E-state index in [1.165, 1.54) is 12.1 Å². The molecule has 0 radical (unpaired) electrons. The van der Waals surface area contributed by atoms with Gasteiger partial charge in [-0.05, 0) is 25.3 Å². The quantitative estimate of drug-likeness (QED) is 0.851. The number of aryl methyl sites for hydroxylation is 2. The van der Waals surface area contributed by atoms with Gasteiger partial charge in [0, 0.05) is 19.2 Å². The lowest BCUT2D eigenvalue weighted by Crippen LogP contribution is -2.34. The van der Waals surface area contributed by atoms with Crippen LogP contribution >= 0.6 is 0 Å². The molecular formula is C13H22N2O. The lowest BCUT2D eigenvalue weighted by atomic mass is 9.81. The average Bonchev–Trinajstić information content (AvgIpc) is 2.60. The zero-order valence-corrected chi connectivity index (χ0v) is 10.4. The van der Waals surface area contributed by atoms with Crippen LogP contribution in [0.25, 0.3) is 0 Å². The van der Waals surface area contributed by atoms with Gasteiger partial charge in [-0.15, -0.1) is 0 Å². The van der Waals surface area contributed by atoms with Gasteiger partial charge in [0.2, 0.25) is 0 Å². The molecule has 0 spiro atoms. The van der Waals surface area contributed by atoms with E-state index in [-0.39, 0.29) is 0 Å². The fourth-order valence-electron chi connectivity index (χ4n) is 2.63. The molecule has 0 aliphatic heterocycles. The molecule has 1 aliphatic carbocycles. The predicted octanol–water partition coefficient (Wildman–Crippen LogP) is 2.22. The Hall–Kier alpha value is -0.830. The average molecular weight is 222 g/mol. The fraction of sp³-hybridized carbons (Fsp3) is 0.769. The van der Waals surface area contributed by atoms with Gasteiger partial charge in [-0.25, -0.2) is 0 Å². The first-order chi connectivity index (χ1) is 7.63. The first-order valence-electron chi connectivity index (χ1n) is 6.37. The van der Waals surface area contributed by atoms with Gasteiger partial charge in [0.05, 0.1) is 11.3 Å². The minimum Gasteiger partial charge on any atom is -0.389 e. The molecule has 1 aliphatic rings. The van der Waals surface area contributed by atoms with Gasteiger partial charge in [-0.1, -0.05) is 26.2 Å². The van der Waals surface area contributed by atoms with Crippen LogP contribution in [-0.4, -0.2) is 20.5 Å². The normalized spacial score (nSPS) is 19.9. The molecule has 2 rings (SSSR count). The van der Waals surface area contributed by atoms with E-state index in [1.54, 1.807) is 0 Å². The van der Waals surface area contributed by atoms with E-state index in [4.69, 9.17) is 0 Å². The van der Waals surface area contributed by atoms with Crippen LogP contribution < -0.4 is 0 Å². The molecule has 90 valence electrons. The molecule has 1 saturated carbocycles. The van der Waals surface area contributed by atoms with Crippen LogP contribution in [-0.2, 0) is 19.9 Å². The van der Waals surface area contributed by atoms with E-state index >= 15 is 0 Å². The Morgan fingerprint density at radius 1 is 1.38 bits per heavy atom. The molecule has 1 aromatic heterocycles. The summed E-state index contributed by atoms with van der Waals surface area (Å²) in [6.45, 7) is 2.11. The lowest BCUT2D eigenvalue weighted by molar-refractivity contribution is 0.00293. The number of nitrogens with zero attached hydrogens (tertiary/aromatic N) is 2. The van der Waals surface area contributed by atoms with Crippen LogP contribution in [0.2, 0.25) is 0 Å². The summed E-state index contributed by atoms with van der Waals surface area (Å²) >= 11 is 0. The molecule has 3 heteroatoms. The van der Waals surface area contributed by atoms with Crippen molar-refractivity contribution >= 4 is 0 Å². The third-order valence-corrected chi connectivity index (χ3v) is 3.68. The van der Waals surface area contributed by atoms with Crippen molar-refractivity contribution in [3.63, 3.8) is 0 Å². The summed E-state index contributed by atoms with van der Waals surface area (Å²) in [6, 6.07) is 2.13. The van der Waals surface area contributed by atoms with Crippen molar-refractivity contribution in [1.82, 2.24) is 9.78 Å². The molecule has 0 bridgehead atoms. The molecule has 0 unspecified atom stereocenters. The number of hydrogen-bond acceptors (Lipinski definition) is 2. The van der Waals surface area contributed by atoms with E-state index in [1.807, 2.05) is 11.7 Å². The molecule has 3 nitrogen and oxygen atoms in total. The molecule has 0 atom stereocenters. The summed E-state index contributed by atoms with van der Waals surface area (Å²) in [4.78, 5) is 0. The highest BCUT2D eigenvalue weighted by Crippen LogP contribution is 2.31. The van der Waals surface area contributed by atoms with Gasteiger partial charge in [0.25, 0.3) is 0 Å². The Labute approximate surface area is 97.5 Å². The largest absolute Gasteiger partial charge is 0.389 e. The zero-order valence-electron chi connectivity index (χ0n) is 10.4. The van der Waals surface area contributed by atoms with Crippen molar-refractivity contribution < 1.29 is 5.11 Å². The summed E-state index contributed by atoms with van der Waals surface area (Å²) in [5, 5.41) is 14.9. The van der Waals surface area contributed by atoms with E-state index in [0.29, 0.717) is 0 Å². The van der Waals surface area contributed by atoms with Gasteiger partial charge in [0.1, 0.15) is 0 Å². The minimum absolute atomic E-state index is 0.475. The molecular weight excluding hydrogens is 200 g/mol. The lowest BCUT2D eigenvalue weighted by Gasteiger charge is -2.31. The molecule has 1 heterocycles. The van der Waals surface area contributed by atoms with Crippen molar-refractivity contribution in [3.8, 4) is 0 Å². The number of hydrogen-bond donors (Lipinski definition) is 1. The van der Waals surface area contributed by atoms with Gasteiger partial charge >= 0.3 is 0 Å². The highest BCUT2D eigenvalue weighted by molar-refractivity contribution is 5.13. The summed E-state index contributed by atoms with van der Waals surface area (Å²) in [7, 11) is 1.97. The van der Waals surface area contributed by atoms with Crippen LogP contribution in [0.3, 0.4) is 0 Å². The maximum absolute atomic E-state index is 10.5. The predicted molar refractivity (Wildman–Crippen MR) is 64.3 cm³/mol. The second-order valence-electron chi connectivity index (χ2n) is 5.07. The summed E-state index contributed by atoms with van der Waals surface area (Å²) in [5.41, 5.74) is 1.81. The standard InChI is InChI=1S/C13H22N2O/c1-3-11-9-12(15(2)14-11)10-13(16)7-5-4-6-8-13/h9,16H,3-8,10H2,1-2H3. The second-order valence-corrected chi connectivity index (χ2v) is 5.07. The molecule has 1 N–H and O–H groups in total. The minimum atomic E-state index is -0.475. The van der Waals surface area contributed by atoms with Crippen molar-refractivity contribution in [1.29, 1.82) is 0 Å². The van der Waals surface area contributed by atoms with Crippen LogP contribution in [0.4, 0.5) is 0 Å². The van der Waals surface area contributed by atoms with Crippen molar-refractivity contribution in [2.75, 3.05) is 0 Å². The summed E-state index contributed by atoms with van der Waals surface area (Å²) in [5.74, 6) is 0. The maximum Gasteiger partial charge on any atom is 0.0702 e. The SMILES string of the molecule is CCc1cc(CC2(O)CCCCC2)n(C)n1. The van der Waals surface area contributed by atoms with Crippen LogP contribution in [0.1, 0.15) is 50.4 Å². The topological polar surface area (TPSA) is 38.0 Å². The van der Waals surface area contributed by atoms with Crippen LogP contribution in [0.15, 0.2) is 6.07 Å². The Bertz CT molecular complexity index is 351. The monoisotopic (exact) mass is 222 g/mol. The highest BCUT2D eigenvalue weighted by Gasteiger charge is 2.30. The zero-order chi connectivity index (χ0) is 11.6. The van der Waals surface area contributed by atoms with Gasteiger partial charge < -0.3 is 5.11 Å². The maximum atomic E-state index is 10.5. The number of aliphatic hydroxyl groups is 1. The Kier molecular flexibility index (Phi) is 3.33. The van der Waals surface area contributed by atoms with E-state index in [0.717, 1.165) is 44.2 Å². The van der Waals surface area contributed by atoms with Crippen molar-refractivity contribution in [3.05, 3.63) is 17.5 Å². The first-order valence-corrected chi connectivity index (χ1v) is 6.37.